The first-order valence-electron chi connectivity index (χ1n) is 8.95. The number of pyridine rings is 3. The lowest BCUT2D eigenvalue weighted by Crippen LogP contribution is -2.09. The van der Waals surface area contributed by atoms with Crippen molar-refractivity contribution in [1.29, 1.82) is 0 Å². The molecule has 0 fully saturated rings. The SMILES string of the molecule is OCc1cccc(COc2cc(-c3cccnc3)c3c(n2)CCCC3)n1. The molecule has 0 aliphatic heterocycles. The van der Waals surface area contributed by atoms with Crippen molar-refractivity contribution in [2.45, 2.75) is 38.9 Å². The predicted molar refractivity (Wildman–Crippen MR) is 98.6 cm³/mol. The second-order valence-corrected chi connectivity index (χ2v) is 6.45. The van der Waals surface area contributed by atoms with Crippen molar-refractivity contribution < 1.29 is 9.84 Å². The minimum Gasteiger partial charge on any atom is -0.471 e. The van der Waals surface area contributed by atoms with Gasteiger partial charge in [-0.1, -0.05) is 12.1 Å². The Balaban J connectivity index is 1.64. The number of nitrogens with zero attached hydrogens (tertiary/aromatic N) is 3. The lowest BCUT2D eigenvalue weighted by molar-refractivity contribution is 0.270. The molecule has 0 bridgehead atoms. The van der Waals surface area contributed by atoms with E-state index in [1.807, 2.05) is 30.5 Å². The Morgan fingerprint density at radius 3 is 2.73 bits per heavy atom. The molecule has 0 saturated heterocycles. The van der Waals surface area contributed by atoms with E-state index in [2.05, 4.69) is 16.0 Å². The first-order chi connectivity index (χ1) is 12.8. The van der Waals surface area contributed by atoms with Crippen LogP contribution < -0.4 is 4.74 Å². The maximum absolute atomic E-state index is 9.22. The standard InChI is InChI=1S/C21H21N3O2/c25-13-16-6-3-7-17(23-16)14-26-21-11-19(15-5-4-10-22-12-15)18-8-1-2-9-20(18)24-21/h3-7,10-12,25H,1-2,8-9,13-14H2. The summed E-state index contributed by atoms with van der Waals surface area (Å²) in [4.78, 5) is 13.4. The molecule has 0 amide bonds. The van der Waals surface area contributed by atoms with E-state index in [0.29, 0.717) is 18.2 Å². The van der Waals surface area contributed by atoms with Gasteiger partial charge in [-0.2, -0.15) is 0 Å². The predicted octanol–water partition coefficient (Wildman–Crippen LogP) is 3.49. The van der Waals surface area contributed by atoms with Gasteiger partial charge in [-0.15, -0.1) is 0 Å². The summed E-state index contributed by atoms with van der Waals surface area (Å²) in [6.07, 6.45) is 8.07. The van der Waals surface area contributed by atoms with Crippen molar-refractivity contribution in [2.75, 3.05) is 0 Å². The fraction of sp³-hybridized carbons (Fsp3) is 0.286. The van der Waals surface area contributed by atoms with Crippen molar-refractivity contribution in [3.8, 4) is 17.0 Å². The maximum atomic E-state index is 9.22. The number of hydrogen-bond acceptors (Lipinski definition) is 5. The molecule has 0 spiro atoms. The van der Waals surface area contributed by atoms with E-state index in [-0.39, 0.29) is 6.61 Å². The van der Waals surface area contributed by atoms with Gasteiger partial charge in [-0.25, -0.2) is 4.98 Å². The average Bonchev–Trinajstić information content (AvgIpc) is 2.72. The second-order valence-electron chi connectivity index (χ2n) is 6.45. The van der Waals surface area contributed by atoms with Crippen LogP contribution in [0.15, 0.2) is 48.8 Å². The zero-order chi connectivity index (χ0) is 17.8. The lowest BCUT2D eigenvalue weighted by atomic mass is 9.90. The minimum absolute atomic E-state index is 0.0733. The largest absolute Gasteiger partial charge is 0.471 e. The third kappa shape index (κ3) is 3.58. The molecular weight excluding hydrogens is 326 g/mol. The molecule has 3 heterocycles. The van der Waals surface area contributed by atoms with Crippen molar-refractivity contribution in [2.24, 2.45) is 0 Å². The van der Waals surface area contributed by atoms with Crippen molar-refractivity contribution in [3.05, 3.63) is 71.4 Å². The zero-order valence-corrected chi connectivity index (χ0v) is 14.6. The molecule has 1 aliphatic rings. The van der Waals surface area contributed by atoms with Gasteiger partial charge in [-0.05, 0) is 55.0 Å². The number of hydrogen-bond donors (Lipinski definition) is 1. The minimum atomic E-state index is -0.0733. The smallest absolute Gasteiger partial charge is 0.214 e. The van der Waals surface area contributed by atoms with Gasteiger partial charge >= 0.3 is 0 Å². The van der Waals surface area contributed by atoms with Crippen molar-refractivity contribution in [3.63, 3.8) is 0 Å². The van der Waals surface area contributed by atoms with Crippen LogP contribution in [0.2, 0.25) is 0 Å². The van der Waals surface area contributed by atoms with E-state index < -0.39 is 0 Å². The summed E-state index contributed by atoms with van der Waals surface area (Å²) in [5.41, 5.74) is 6.12. The Hall–Kier alpha value is -2.79. The lowest BCUT2D eigenvalue weighted by Gasteiger charge is -2.20. The molecule has 132 valence electrons. The van der Waals surface area contributed by atoms with Gasteiger partial charge in [0.25, 0.3) is 0 Å². The highest BCUT2D eigenvalue weighted by Crippen LogP contribution is 2.33. The number of rotatable bonds is 5. The first-order valence-corrected chi connectivity index (χ1v) is 8.95. The fourth-order valence-electron chi connectivity index (χ4n) is 3.38. The third-order valence-corrected chi connectivity index (χ3v) is 4.64. The number of aliphatic hydroxyl groups is 1. The van der Waals surface area contributed by atoms with Crippen LogP contribution in [-0.4, -0.2) is 20.1 Å². The van der Waals surface area contributed by atoms with Gasteiger partial charge in [0.05, 0.1) is 18.0 Å². The van der Waals surface area contributed by atoms with Crippen LogP contribution in [0.4, 0.5) is 0 Å². The molecule has 26 heavy (non-hydrogen) atoms. The zero-order valence-electron chi connectivity index (χ0n) is 14.6. The number of aliphatic hydroxyl groups excluding tert-OH is 1. The second kappa shape index (κ2) is 7.62. The maximum Gasteiger partial charge on any atom is 0.214 e. The molecule has 0 saturated carbocycles. The molecule has 0 atom stereocenters. The third-order valence-electron chi connectivity index (χ3n) is 4.64. The molecule has 5 heteroatoms. The van der Waals surface area contributed by atoms with E-state index in [1.165, 1.54) is 12.0 Å². The topological polar surface area (TPSA) is 68.1 Å². The Kier molecular flexibility index (Phi) is 4.88. The van der Waals surface area contributed by atoms with Gasteiger partial charge in [0.1, 0.15) is 6.61 Å². The highest BCUT2D eigenvalue weighted by Gasteiger charge is 2.18. The van der Waals surface area contributed by atoms with Crippen LogP contribution in [0.5, 0.6) is 5.88 Å². The summed E-state index contributed by atoms with van der Waals surface area (Å²) in [7, 11) is 0. The van der Waals surface area contributed by atoms with Crippen LogP contribution in [0.3, 0.4) is 0 Å². The number of aryl methyl sites for hydroxylation is 1. The van der Waals surface area contributed by atoms with E-state index in [1.54, 1.807) is 12.3 Å². The summed E-state index contributed by atoms with van der Waals surface area (Å²) in [6, 6.07) is 11.6. The van der Waals surface area contributed by atoms with Crippen molar-refractivity contribution in [1.82, 2.24) is 15.0 Å². The van der Waals surface area contributed by atoms with Crippen LogP contribution in [0.1, 0.15) is 35.5 Å². The highest BCUT2D eigenvalue weighted by atomic mass is 16.5. The van der Waals surface area contributed by atoms with E-state index in [4.69, 9.17) is 9.72 Å². The molecule has 4 rings (SSSR count). The summed E-state index contributed by atoms with van der Waals surface area (Å²) in [5, 5.41) is 9.22. The van der Waals surface area contributed by atoms with E-state index >= 15 is 0 Å². The Bertz CT molecular complexity index is 897. The molecule has 0 aromatic carbocycles. The fourth-order valence-corrected chi connectivity index (χ4v) is 3.38. The molecule has 5 nitrogen and oxygen atoms in total. The van der Waals surface area contributed by atoms with Gasteiger partial charge in [-0.3, -0.25) is 9.97 Å². The molecule has 0 radical (unpaired) electrons. The number of ether oxygens (including phenoxy) is 1. The quantitative estimate of drug-likeness (QED) is 0.765. The van der Waals surface area contributed by atoms with E-state index in [9.17, 15) is 5.11 Å². The van der Waals surface area contributed by atoms with Gasteiger partial charge in [0.2, 0.25) is 5.88 Å². The average molecular weight is 347 g/mol. The molecular formula is C21H21N3O2. The van der Waals surface area contributed by atoms with Crippen LogP contribution >= 0.6 is 0 Å². The van der Waals surface area contributed by atoms with Crippen LogP contribution in [0.25, 0.3) is 11.1 Å². The first kappa shape index (κ1) is 16.7. The van der Waals surface area contributed by atoms with Gasteiger partial charge in [0.15, 0.2) is 0 Å². The molecule has 1 aliphatic carbocycles. The number of aromatic nitrogens is 3. The van der Waals surface area contributed by atoms with Crippen LogP contribution in [-0.2, 0) is 26.1 Å². The molecule has 0 unspecified atom stereocenters. The summed E-state index contributed by atoms with van der Waals surface area (Å²) >= 11 is 0. The Morgan fingerprint density at radius 1 is 1.00 bits per heavy atom. The summed E-state index contributed by atoms with van der Waals surface area (Å²) < 4.78 is 5.94. The monoisotopic (exact) mass is 347 g/mol. The molecule has 3 aromatic rings. The number of fused-ring (bicyclic) bond motifs is 1. The molecule has 1 N–H and O–H groups in total. The highest BCUT2D eigenvalue weighted by molar-refractivity contribution is 5.68. The normalized spacial score (nSPS) is 13.3. The molecule has 3 aromatic heterocycles. The van der Waals surface area contributed by atoms with Crippen LogP contribution in [0, 0.1) is 0 Å². The van der Waals surface area contributed by atoms with Gasteiger partial charge in [0, 0.05) is 29.7 Å². The van der Waals surface area contributed by atoms with E-state index in [0.717, 1.165) is 41.8 Å². The van der Waals surface area contributed by atoms with Gasteiger partial charge < -0.3 is 9.84 Å². The Labute approximate surface area is 152 Å². The summed E-state index contributed by atoms with van der Waals surface area (Å²) in [6.45, 7) is 0.252. The summed E-state index contributed by atoms with van der Waals surface area (Å²) in [5.74, 6) is 0.612. The van der Waals surface area contributed by atoms with Crippen molar-refractivity contribution >= 4 is 0 Å². The Morgan fingerprint density at radius 2 is 1.88 bits per heavy atom.